The van der Waals surface area contributed by atoms with Crippen molar-refractivity contribution in [1.29, 1.82) is 0 Å². The predicted octanol–water partition coefficient (Wildman–Crippen LogP) is 4.42. The molecule has 0 aliphatic heterocycles. The molecule has 0 atom stereocenters. The van der Waals surface area contributed by atoms with E-state index in [0.717, 1.165) is 29.8 Å². The molecule has 1 aliphatic rings. The number of anilines is 3. The summed E-state index contributed by atoms with van der Waals surface area (Å²) in [5, 5.41) is 8.74. The zero-order valence-electron chi connectivity index (χ0n) is 20.5. The number of pyridine rings is 2. The Morgan fingerprint density at radius 3 is 2.45 bits per heavy atom. The molecule has 1 aliphatic carbocycles. The highest BCUT2D eigenvalue weighted by molar-refractivity contribution is 6.11. The Morgan fingerprint density at radius 2 is 1.71 bits per heavy atom. The van der Waals surface area contributed by atoms with Crippen molar-refractivity contribution in [3.05, 3.63) is 96.6 Å². The molecule has 10 heteroatoms. The predicted molar refractivity (Wildman–Crippen MR) is 143 cm³/mol. The van der Waals surface area contributed by atoms with Crippen LogP contribution in [0.15, 0.2) is 79.6 Å². The van der Waals surface area contributed by atoms with E-state index < -0.39 is 5.91 Å². The molecule has 38 heavy (non-hydrogen) atoms. The number of hydrogen-bond acceptors (Lipinski definition) is 7. The van der Waals surface area contributed by atoms with Gasteiger partial charge in [0.2, 0.25) is 0 Å². The molecule has 1 saturated carbocycles. The molecule has 188 valence electrons. The second kappa shape index (κ2) is 9.74. The van der Waals surface area contributed by atoms with Crippen LogP contribution in [0.5, 0.6) is 0 Å². The van der Waals surface area contributed by atoms with Crippen molar-refractivity contribution in [2.24, 2.45) is 0 Å². The Morgan fingerprint density at radius 1 is 0.921 bits per heavy atom. The van der Waals surface area contributed by atoms with Crippen LogP contribution < -0.4 is 16.0 Å². The minimum atomic E-state index is -0.448. The SMILES string of the molecule is CNC(=O)c1cn2cc(-c3ccccc3)nc2cc1NC(=O)c1nc(C2CC2)ccc1Nc1cncnc1. The molecule has 0 radical (unpaired) electrons. The normalized spacial score (nSPS) is 12.8. The topological polar surface area (TPSA) is 126 Å². The van der Waals surface area contributed by atoms with Gasteiger partial charge in [-0.25, -0.2) is 19.9 Å². The lowest BCUT2D eigenvalue weighted by Crippen LogP contribution is -2.23. The number of amides is 2. The Hall–Kier alpha value is -5.12. The standard InChI is InChI=1S/C28H24N8O2/c1-29-27(37)20-14-36-15-24(17-5-3-2-4-6-17)33-25(36)11-23(20)35-28(38)26-22(32-19-12-30-16-31-13-19)10-9-21(34-26)18-7-8-18/h2-6,9-16,18,32H,7-8H2,1H3,(H,29,37)(H,35,38). The number of aromatic nitrogens is 5. The van der Waals surface area contributed by atoms with Gasteiger partial charge in [0.15, 0.2) is 5.69 Å². The van der Waals surface area contributed by atoms with E-state index in [2.05, 4.69) is 25.9 Å². The van der Waals surface area contributed by atoms with Crippen LogP contribution in [0.2, 0.25) is 0 Å². The zero-order valence-corrected chi connectivity index (χ0v) is 20.5. The molecular weight excluding hydrogens is 480 g/mol. The van der Waals surface area contributed by atoms with Crippen LogP contribution in [0.1, 0.15) is 45.3 Å². The van der Waals surface area contributed by atoms with Gasteiger partial charge in [0, 0.05) is 42.7 Å². The first kappa shape index (κ1) is 23.3. The Labute approximate surface area is 218 Å². The van der Waals surface area contributed by atoms with Crippen LogP contribution >= 0.6 is 0 Å². The van der Waals surface area contributed by atoms with Crippen LogP contribution in [0, 0.1) is 0 Å². The van der Waals surface area contributed by atoms with Crippen molar-refractivity contribution in [2.75, 3.05) is 17.7 Å². The first-order chi connectivity index (χ1) is 18.6. The molecular formula is C28H24N8O2. The fourth-order valence-electron chi connectivity index (χ4n) is 4.26. The summed E-state index contributed by atoms with van der Waals surface area (Å²) in [4.78, 5) is 43.9. The molecule has 4 heterocycles. The molecule has 1 fully saturated rings. The Bertz CT molecular complexity index is 1650. The lowest BCUT2D eigenvalue weighted by molar-refractivity contribution is 0.0963. The zero-order chi connectivity index (χ0) is 26.1. The van der Waals surface area contributed by atoms with E-state index in [0.29, 0.717) is 34.2 Å². The lowest BCUT2D eigenvalue weighted by atomic mass is 10.1. The summed E-state index contributed by atoms with van der Waals surface area (Å²) >= 11 is 0. The molecule has 1 aromatic carbocycles. The molecule has 0 saturated heterocycles. The second-order valence-electron chi connectivity index (χ2n) is 9.05. The summed E-state index contributed by atoms with van der Waals surface area (Å²) in [6.07, 6.45) is 10.3. The number of fused-ring (bicyclic) bond motifs is 1. The summed E-state index contributed by atoms with van der Waals surface area (Å²) in [7, 11) is 1.55. The Balaban J connectivity index is 1.38. The maximum atomic E-state index is 13.6. The maximum Gasteiger partial charge on any atom is 0.276 e. The number of nitrogens with zero attached hydrogens (tertiary/aromatic N) is 5. The molecule has 0 spiro atoms. The van der Waals surface area contributed by atoms with E-state index >= 15 is 0 Å². The molecule has 5 aromatic rings. The molecule has 3 N–H and O–H groups in total. The third kappa shape index (κ3) is 4.66. The minimum absolute atomic E-state index is 0.217. The third-order valence-electron chi connectivity index (χ3n) is 6.35. The van der Waals surface area contributed by atoms with Crippen molar-refractivity contribution in [1.82, 2.24) is 29.7 Å². The van der Waals surface area contributed by atoms with Gasteiger partial charge in [0.25, 0.3) is 11.8 Å². The van der Waals surface area contributed by atoms with Gasteiger partial charge in [-0.05, 0) is 25.0 Å². The summed E-state index contributed by atoms with van der Waals surface area (Å²) in [6.45, 7) is 0. The van der Waals surface area contributed by atoms with E-state index in [1.807, 2.05) is 48.7 Å². The van der Waals surface area contributed by atoms with Crippen molar-refractivity contribution in [3.63, 3.8) is 0 Å². The highest BCUT2D eigenvalue weighted by atomic mass is 16.2. The molecule has 2 amide bonds. The molecule has 10 nitrogen and oxygen atoms in total. The minimum Gasteiger partial charge on any atom is -0.355 e. The van der Waals surface area contributed by atoms with Gasteiger partial charge in [0.05, 0.1) is 40.7 Å². The number of rotatable bonds is 7. The summed E-state index contributed by atoms with van der Waals surface area (Å²) in [5.41, 5.74) is 5.15. The fraction of sp³-hybridized carbons (Fsp3) is 0.143. The summed E-state index contributed by atoms with van der Waals surface area (Å²) < 4.78 is 1.77. The number of benzene rings is 1. The van der Waals surface area contributed by atoms with Gasteiger partial charge in [0.1, 0.15) is 12.0 Å². The number of hydrogen-bond donors (Lipinski definition) is 3. The van der Waals surface area contributed by atoms with E-state index in [-0.39, 0.29) is 11.6 Å². The van der Waals surface area contributed by atoms with Gasteiger partial charge in [-0.2, -0.15) is 0 Å². The average Bonchev–Trinajstić information content (AvgIpc) is 3.72. The molecule has 6 rings (SSSR count). The van der Waals surface area contributed by atoms with Crippen molar-refractivity contribution in [3.8, 4) is 11.3 Å². The van der Waals surface area contributed by atoms with E-state index in [1.54, 1.807) is 36.1 Å². The monoisotopic (exact) mass is 504 g/mol. The highest BCUT2D eigenvalue weighted by Crippen LogP contribution is 2.40. The third-order valence-corrected chi connectivity index (χ3v) is 6.35. The highest BCUT2D eigenvalue weighted by Gasteiger charge is 2.27. The first-order valence-corrected chi connectivity index (χ1v) is 12.2. The van der Waals surface area contributed by atoms with E-state index in [4.69, 9.17) is 9.97 Å². The number of imidazole rings is 1. The van der Waals surface area contributed by atoms with Gasteiger partial charge in [-0.1, -0.05) is 30.3 Å². The van der Waals surface area contributed by atoms with Crippen LogP contribution in [0.3, 0.4) is 0 Å². The molecule has 0 unspecified atom stereocenters. The van der Waals surface area contributed by atoms with Gasteiger partial charge < -0.3 is 20.4 Å². The average molecular weight is 505 g/mol. The smallest absolute Gasteiger partial charge is 0.276 e. The van der Waals surface area contributed by atoms with Gasteiger partial charge in [-0.3, -0.25) is 9.59 Å². The second-order valence-corrected chi connectivity index (χ2v) is 9.05. The van der Waals surface area contributed by atoms with Crippen molar-refractivity contribution in [2.45, 2.75) is 18.8 Å². The largest absolute Gasteiger partial charge is 0.355 e. The van der Waals surface area contributed by atoms with Crippen molar-refractivity contribution < 1.29 is 9.59 Å². The number of carbonyl (C=O) groups excluding carboxylic acids is 2. The van der Waals surface area contributed by atoms with E-state index in [1.165, 1.54) is 6.33 Å². The molecule has 0 bridgehead atoms. The fourth-order valence-corrected chi connectivity index (χ4v) is 4.26. The quantitative estimate of drug-likeness (QED) is 0.299. The van der Waals surface area contributed by atoms with Crippen LogP contribution in [0.25, 0.3) is 16.9 Å². The summed E-state index contributed by atoms with van der Waals surface area (Å²) in [6, 6.07) is 15.2. The first-order valence-electron chi connectivity index (χ1n) is 12.2. The lowest BCUT2D eigenvalue weighted by Gasteiger charge is -2.14. The maximum absolute atomic E-state index is 13.6. The molecule has 4 aromatic heterocycles. The number of carbonyl (C=O) groups is 2. The van der Waals surface area contributed by atoms with Crippen LogP contribution in [-0.2, 0) is 0 Å². The Kier molecular flexibility index (Phi) is 5.97. The van der Waals surface area contributed by atoms with Crippen molar-refractivity contribution >= 4 is 34.5 Å². The van der Waals surface area contributed by atoms with E-state index in [9.17, 15) is 9.59 Å². The van der Waals surface area contributed by atoms with Gasteiger partial charge in [-0.15, -0.1) is 0 Å². The number of nitrogens with one attached hydrogen (secondary N) is 3. The van der Waals surface area contributed by atoms with Crippen LogP contribution in [-0.4, -0.2) is 43.2 Å². The summed E-state index contributed by atoms with van der Waals surface area (Å²) in [5.74, 6) is -0.428. The van der Waals surface area contributed by atoms with Crippen LogP contribution in [0.4, 0.5) is 17.1 Å². The van der Waals surface area contributed by atoms with Gasteiger partial charge >= 0.3 is 0 Å².